The Kier molecular flexibility index (Phi) is 6.05. The summed E-state index contributed by atoms with van der Waals surface area (Å²) in [4.78, 5) is 2.52. The molecule has 1 nitrogen and oxygen atoms in total. The summed E-state index contributed by atoms with van der Waals surface area (Å²) in [5.74, 6) is 0. The van der Waals surface area contributed by atoms with Crippen LogP contribution >= 0.6 is 0 Å². The molecule has 1 spiro atoms. The van der Waals surface area contributed by atoms with E-state index in [0.717, 1.165) is 0 Å². The molecule has 0 bridgehead atoms. The zero-order valence-electron chi connectivity index (χ0n) is 28.3. The van der Waals surface area contributed by atoms with Crippen LogP contribution in [0.1, 0.15) is 88.1 Å². The minimum atomic E-state index is -0.0634. The highest BCUT2D eigenvalue weighted by molar-refractivity contribution is 5.94. The largest absolute Gasteiger partial charge is 0.310 e. The first-order chi connectivity index (χ1) is 22.7. The van der Waals surface area contributed by atoms with Crippen LogP contribution in [0.5, 0.6) is 0 Å². The van der Waals surface area contributed by atoms with E-state index in [1.807, 2.05) is 0 Å². The molecule has 1 heteroatoms. The molecule has 0 aromatic heterocycles. The van der Waals surface area contributed by atoms with Gasteiger partial charge in [-0.05, 0) is 115 Å². The van der Waals surface area contributed by atoms with E-state index in [4.69, 9.17) is 0 Å². The molecule has 0 atom stereocenters. The van der Waals surface area contributed by atoms with E-state index >= 15 is 0 Å². The molecule has 0 heterocycles. The first kappa shape index (κ1) is 28.6. The predicted octanol–water partition coefficient (Wildman–Crippen LogP) is 12.8. The molecule has 1 saturated carbocycles. The Hall–Kier alpha value is -4.62. The van der Waals surface area contributed by atoms with Crippen LogP contribution in [0.3, 0.4) is 0 Å². The van der Waals surface area contributed by atoms with Crippen molar-refractivity contribution in [3.05, 3.63) is 149 Å². The number of anilines is 3. The van der Waals surface area contributed by atoms with Gasteiger partial charge in [0.2, 0.25) is 0 Å². The summed E-state index contributed by atoms with van der Waals surface area (Å²) in [7, 11) is 0. The Morgan fingerprint density at radius 3 is 1.77 bits per heavy atom. The van der Waals surface area contributed by atoms with Crippen LogP contribution in [0.25, 0.3) is 33.0 Å². The third-order valence-corrected chi connectivity index (χ3v) is 11.7. The third kappa shape index (κ3) is 4.08. The van der Waals surface area contributed by atoms with Gasteiger partial charge in [-0.15, -0.1) is 0 Å². The van der Waals surface area contributed by atoms with Crippen LogP contribution in [0.15, 0.2) is 121 Å². The Morgan fingerprint density at radius 2 is 1.06 bits per heavy atom. The van der Waals surface area contributed by atoms with Crippen molar-refractivity contribution in [2.24, 2.45) is 0 Å². The molecular weight excluding hydrogens is 567 g/mol. The molecule has 6 aromatic rings. The number of fused-ring (bicyclic) bond motifs is 9. The lowest BCUT2D eigenvalue weighted by Crippen LogP contribution is -2.21. The lowest BCUT2D eigenvalue weighted by Gasteiger charge is -2.31. The van der Waals surface area contributed by atoms with Gasteiger partial charge in [-0.1, -0.05) is 132 Å². The predicted molar refractivity (Wildman–Crippen MR) is 200 cm³/mol. The topological polar surface area (TPSA) is 3.24 Å². The summed E-state index contributed by atoms with van der Waals surface area (Å²) in [5, 5.41) is 2.62. The van der Waals surface area contributed by atoms with Crippen LogP contribution in [-0.4, -0.2) is 0 Å². The number of benzene rings is 6. The van der Waals surface area contributed by atoms with Gasteiger partial charge in [0.25, 0.3) is 0 Å². The van der Waals surface area contributed by atoms with E-state index in [1.54, 1.807) is 0 Å². The maximum absolute atomic E-state index is 2.55. The van der Waals surface area contributed by atoms with E-state index in [1.165, 1.54) is 104 Å². The van der Waals surface area contributed by atoms with Crippen LogP contribution in [0, 0.1) is 0 Å². The molecule has 0 saturated heterocycles. The molecule has 0 amide bonds. The Morgan fingerprint density at radius 1 is 0.511 bits per heavy atom. The van der Waals surface area contributed by atoms with Crippen LogP contribution in [0.2, 0.25) is 0 Å². The van der Waals surface area contributed by atoms with Crippen molar-refractivity contribution in [3.63, 3.8) is 0 Å². The molecule has 0 aliphatic heterocycles. The summed E-state index contributed by atoms with van der Waals surface area (Å²) >= 11 is 0. The minimum Gasteiger partial charge on any atom is -0.310 e. The molecule has 232 valence electrons. The van der Waals surface area contributed by atoms with Crippen molar-refractivity contribution in [1.82, 2.24) is 0 Å². The summed E-state index contributed by atoms with van der Waals surface area (Å²) < 4.78 is 0. The Labute approximate surface area is 279 Å². The highest BCUT2D eigenvalue weighted by atomic mass is 15.1. The monoisotopic (exact) mass is 609 g/mol. The molecule has 6 aromatic carbocycles. The highest BCUT2D eigenvalue weighted by Crippen LogP contribution is 2.58. The molecule has 3 aliphatic rings. The first-order valence-electron chi connectivity index (χ1n) is 17.5. The van der Waals surface area contributed by atoms with E-state index in [2.05, 4.69) is 161 Å². The van der Waals surface area contributed by atoms with Crippen LogP contribution < -0.4 is 4.90 Å². The van der Waals surface area contributed by atoms with Crippen molar-refractivity contribution in [3.8, 4) is 22.3 Å². The minimum absolute atomic E-state index is 0.0634. The lowest BCUT2D eigenvalue weighted by atomic mass is 9.76. The quantitative estimate of drug-likeness (QED) is 0.193. The maximum Gasteiger partial charge on any atom is 0.0468 e. The molecule has 1 fully saturated rings. The number of hydrogen-bond donors (Lipinski definition) is 0. The van der Waals surface area contributed by atoms with Gasteiger partial charge in [0.1, 0.15) is 0 Å². The normalized spacial score (nSPS) is 16.6. The second-order valence-electron chi connectivity index (χ2n) is 15.8. The van der Waals surface area contributed by atoms with Gasteiger partial charge in [-0.2, -0.15) is 0 Å². The summed E-state index contributed by atoms with van der Waals surface area (Å²) in [5.41, 5.74) is 16.6. The maximum atomic E-state index is 2.55. The summed E-state index contributed by atoms with van der Waals surface area (Å²) in [6.45, 7) is 11.7. The van der Waals surface area contributed by atoms with Gasteiger partial charge in [-0.25, -0.2) is 0 Å². The van der Waals surface area contributed by atoms with Crippen molar-refractivity contribution in [2.75, 3.05) is 4.90 Å². The van der Waals surface area contributed by atoms with Crippen LogP contribution in [0.4, 0.5) is 17.1 Å². The second-order valence-corrected chi connectivity index (χ2v) is 15.8. The zero-order valence-corrected chi connectivity index (χ0v) is 28.3. The van der Waals surface area contributed by atoms with E-state index < -0.39 is 0 Å². The average Bonchev–Trinajstić information content (AvgIpc) is 3.74. The number of hydrogen-bond acceptors (Lipinski definition) is 1. The van der Waals surface area contributed by atoms with E-state index in [9.17, 15) is 0 Å². The standard InChI is InChI=1S/C46H43N/c1-44(2,3)39-18-12-13-30-27-31(19-22-34(30)39)47(32-20-23-37-35-14-6-8-16-40(35)45(4,5)42(37)28-32)33-21-24-38-36-15-7-9-17-41(36)46(43(38)29-33)25-10-11-26-46/h6-9,12-24,27-29H,10-11,25-26H2,1-5H3. The fraction of sp³-hybridized carbons (Fsp3) is 0.261. The number of rotatable bonds is 3. The molecule has 0 N–H and O–H groups in total. The van der Waals surface area contributed by atoms with Gasteiger partial charge >= 0.3 is 0 Å². The van der Waals surface area contributed by atoms with Crippen molar-refractivity contribution in [1.29, 1.82) is 0 Å². The van der Waals surface area contributed by atoms with E-state index in [-0.39, 0.29) is 16.2 Å². The van der Waals surface area contributed by atoms with Crippen molar-refractivity contribution >= 4 is 27.8 Å². The Balaban J connectivity index is 1.26. The highest BCUT2D eigenvalue weighted by Gasteiger charge is 2.45. The van der Waals surface area contributed by atoms with Gasteiger partial charge in [0.15, 0.2) is 0 Å². The van der Waals surface area contributed by atoms with Gasteiger partial charge in [-0.3, -0.25) is 0 Å². The van der Waals surface area contributed by atoms with Gasteiger partial charge < -0.3 is 4.90 Å². The molecule has 0 unspecified atom stereocenters. The smallest absolute Gasteiger partial charge is 0.0468 e. The molecule has 0 radical (unpaired) electrons. The lowest BCUT2D eigenvalue weighted by molar-refractivity contribution is 0.550. The SMILES string of the molecule is CC(C)(C)c1cccc2cc(N(c3ccc4c(c3)C(C)(C)c3ccccc3-4)c3ccc4c(c3)C3(CCCC3)c3ccccc3-4)ccc12. The molecule has 47 heavy (non-hydrogen) atoms. The first-order valence-corrected chi connectivity index (χ1v) is 17.5. The third-order valence-electron chi connectivity index (χ3n) is 11.7. The second kappa shape index (κ2) is 9.94. The fourth-order valence-electron chi connectivity index (χ4n) is 9.44. The fourth-order valence-corrected chi connectivity index (χ4v) is 9.44. The summed E-state index contributed by atoms with van der Waals surface area (Å²) in [6, 6.07) is 46.6. The molecule has 3 aliphatic carbocycles. The van der Waals surface area contributed by atoms with Gasteiger partial charge in [0, 0.05) is 27.9 Å². The van der Waals surface area contributed by atoms with Crippen molar-refractivity contribution in [2.45, 2.75) is 76.5 Å². The Bertz CT molecular complexity index is 2220. The number of nitrogens with zero attached hydrogens (tertiary/aromatic N) is 1. The molecular formula is C46H43N. The molecule has 9 rings (SSSR count). The van der Waals surface area contributed by atoms with Gasteiger partial charge in [0.05, 0.1) is 0 Å². The van der Waals surface area contributed by atoms with Crippen LogP contribution in [-0.2, 0) is 16.2 Å². The zero-order chi connectivity index (χ0) is 32.1. The average molecular weight is 610 g/mol. The van der Waals surface area contributed by atoms with E-state index in [0.29, 0.717) is 0 Å². The summed E-state index contributed by atoms with van der Waals surface area (Å²) in [6.07, 6.45) is 5.06. The van der Waals surface area contributed by atoms with Crippen molar-refractivity contribution < 1.29 is 0 Å².